The highest BCUT2D eigenvalue weighted by Crippen LogP contribution is 2.22. The van der Waals surface area contributed by atoms with Crippen molar-refractivity contribution < 1.29 is 8.42 Å². The molecule has 1 aromatic heterocycles. The molecular formula is C11H9ClN4O2S. The molecule has 0 radical (unpaired) electrons. The molecule has 0 saturated carbocycles. The minimum atomic E-state index is -3.73. The summed E-state index contributed by atoms with van der Waals surface area (Å²) >= 11 is 5.86. The number of benzene rings is 1. The molecule has 0 amide bonds. The molecule has 2 aromatic rings. The Bertz CT molecular complexity index is 720. The zero-order valence-electron chi connectivity index (χ0n) is 9.59. The Balaban J connectivity index is 2.22. The molecule has 2 N–H and O–H groups in total. The molecule has 98 valence electrons. The number of H-pyrrole nitrogens is 1. The van der Waals surface area contributed by atoms with Crippen LogP contribution in [0.4, 0.5) is 0 Å². The van der Waals surface area contributed by atoms with Gasteiger partial charge in [-0.25, -0.2) is 18.1 Å². The Morgan fingerprint density at radius 2 is 2.26 bits per heavy atom. The van der Waals surface area contributed by atoms with E-state index in [1.54, 1.807) is 0 Å². The number of rotatable bonds is 4. The van der Waals surface area contributed by atoms with Crippen LogP contribution in [-0.2, 0) is 16.6 Å². The van der Waals surface area contributed by atoms with Gasteiger partial charge in [-0.3, -0.25) is 0 Å². The van der Waals surface area contributed by atoms with E-state index in [1.807, 2.05) is 6.07 Å². The minimum absolute atomic E-state index is 0.0103. The van der Waals surface area contributed by atoms with Crippen LogP contribution in [0.15, 0.2) is 35.6 Å². The van der Waals surface area contributed by atoms with E-state index in [4.69, 9.17) is 16.9 Å². The van der Waals surface area contributed by atoms with Crippen molar-refractivity contribution in [1.82, 2.24) is 14.7 Å². The van der Waals surface area contributed by atoms with E-state index in [9.17, 15) is 8.42 Å². The van der Waals surface area contributed by atoms with E-state index < -0.39 is 10.0 Å². The van der Waals surface area contributed by atoms with Crippen LogP contribution < -0.4 is 4.72 Å². The molecule has 0 fully saturated rings. The van der Waals surface area contributed by atoms with Gasteiger partial charge >= 0.3 is 0 Å². The summed E-state index contributed by atoms with van der Waals surface area (Å²) in [4.78, 5) is 6.50. The molecule has 1 heterocycles. The Morgan fingerprint density at radius 1 is 1.47 bits per heavy atom. The maximum Gasteiger partial charge on any atom is 0.242 e. The van der Waals surface area contributed by atoms with E-state index in [2.05, 4.69) is 14.7 Å². The highest BCUT2D eigenvalue weighted by atomic mass is 35.5. The van der Waals surface area contributed by atoms with Crippen LogP contribution in [0.2, 0.25) is 5.02 Å². The first kappa shape index (κ1) is 13.5. The van der Waals surface area contributed by atoms with Gasteiger partial charge in [-0.1, -0.05) is 11.6 Å². The summed E-state index contributed by atoms with van der Waals surface area (Å²) in [5, 5.41) is 8.71. The van der Waals surface area contributed by atoms with Gasteiger partial charge in [0, 0.05) is 11.9 Å². The summed E-state index contributed by atoms with van der Waals surface area (Å²) in [5.74, 6) is 0. The second-order valence-corrected chi connectivity index (χ2v) is 5.80. The van der Waals surface area contributed by atoms with E-state index in [0.29, 0.717) is 11.3 Å². The van der Waals surface area contributed by atoms with Crippen LogP contribution in [0.1, 0.15) is 11.3 Å². The number of nitrogens with one attached hydrogen (secondary N) is 2. The van der Waals surface area contributed by atoms with Gasteiger partial charge in [0.05, 0.1) is 29.5 Å². The molecule has 2 rings (SSSR count). The molecule has 0 atom stereocenters. The topological polar surface area (TPSA) is 98.6 Å². The zero-order valence-corrected chi connectivity index (χ0v) is 11.2. The third-order valence-corrected chi connectivity index (χ3v) is 4.24. The predicted molar refractivity (Wildman–Crippen MR) is 68.8 cm³/mol. The maximum absolute atomic E-state index is 12.0. The summed E-state index contributed by atoms with van der Waals surface area (Å²) in [6.45, 7) is 0.0820. The fourth-order valence-electron chi connectivity index (χ4n) is 1.42. The van der Waals surface area contributed by atoms with Gasteiger partial charge in [0.25, 0.3) is 0 Å². The molecule has 0 saturated heterocycles. The molecule has 0 aliphatic carbocycles. The van der Waals surface area contributed by atoms with E-state index in [0.717, 1.165) is 0 Å². The van der Waals surface area contributed by atoms with Crippen LogP contribution >= 0.6 is 11.6 Å². The molecular weight excluding hydrogens is 288 g/mol. The van der Waals surface area contributed by atoms with Crippen molar-refractivity contribution in [2.45, 2.75) is 11.4 Å². The Labute approximate surface area is 115 Å². The molecule has 0 aliphatic heterocycles. The van der Waals surface area contributed by atoms with Gasteiger partial charge < -0.3 is 4.98 Å². The van der Waals surface area contributed by atoms with Crippen molar-refractivity contribution in [2.75, 3.05) is 0 Å². The largest absolute Gasteiger partial charge is 0.347 e. The van der Waals surface area contributed by atoms with E-state index in [1.165, 1.54) is 30.7 Å². The van der Waals surface area contributed by atoms with Gasteiger partial charge in [-0.15, -0.1) is 0 Å². The first-order valence-corrected chi connectivity index (χ1v) is 7.05. The number of nitriles is 1. The highest BCUT2D eigenvalue weighted by Gasteiger charge is 2.18. The third kappa shape index (κ3) is 3.12. The van der Waals surface area contributed by atoms with Gasteiger partial charge in [-0.2, -0.15) is 5.26 Å². The van der Waals surface area contributed by atoms with E-state index in [-0.39, 0.29) is 16.5 Å². The molecule has 0 unspecified atom stereocenters. The first-order valence-electron chi connectivity index (χ1n) is 5.19. The quantitative estimate of drug-likeness (QED) is 0.891. The van der Waals surface area contributed by atoms with Crippen LogP contribution in [0.3, 0.4) is 0 Å². The number of halogens is 1. The van der Waals surface area contributed by atoms with Gasteiger partial charge in [0.2, 0.25) is 10.0 Å². The van der Waals surface area contributed by atoms with Gasteiger partial charge in [-0.05, 0) is 18.2 Å². The summed E-state index contributed by atoms with van der Waals surface area (Å²) in [5.41, 5.74) is 0.936. The lowest BCUT2D eigenvalue weighted by atomic mass is 10.2. The van der Waals surface area contributed by atoms with Gasteiger partial charge in [0.1, 0.15) is 4.90 Å². The Hall–Kier alpha value is -1.88. The summed E-state index contributed by atoms with van der Waals surface area (Å²) in [6, 6.07) is 5.90. The first-order chi connectivity index (χ1) is 9.03. The lowest BCUT2D eigenvalue weighted by molar-refractivity contribution is 0.580. The number of imidazole rings is 1. The van der Waals surface area contributed by atoms with Crippen molar-refractivity contribution in [3.8, 4) is 6.07 Å². The molecule has 19 heavy (non-hydrogen) atoms. The molecule has 8 heteroatoms. The normalized spacial score (nSPS) is 11.2. The second kappa shape index (κ2) is 5.40. The third-order valence-electron chi connectivity index (χ3n) is 2.36. The van der Waals surface area contributed by atoms with Gasteiger partial charge in [0.15, 0.2) is 0 Å². The van der Waals surface area contributed by atoms with Crippen LogP contribution in [0.5, 0.6) is 0 Å². The molecule has 0 bridgehead atoms. The van der Waals surface area contributed by atoms with Crippen molar-refractivity contribution >= 4 is 21.6 Å². The number of hydrogen-bond acceptors (Lipinski definition) is 4. The van der Waals surface area contributed by atoms with Crippen LogP contribution in [0.25, 0.3) is 0 Å². The van der Waals surface area contributed by atoms with Crippen molar-refractivity contribution in [2.24, 2.45) is 0 Å². The second-order valence-electron chi connectivity index (χ2n) is 3.66. The molecule has 0 aliphatic rings. The fraction of sp³-hybridized carbons (Fsp3) is 0.0909. The average molecular weight is 297 g/mol. The van der Waals surface area contributed by atoms with Crippen LogP contribution in [-0.4, -0.2) is 18.4 Å². The van der Waals surface area contributed by atoms with Crippen molar-refractivity contribution in [3.63, 3.8) is 0 Å². The highest BCUT2D eigenvalue weighted by molar-refractivity contribution is 7.89. The number of aromatic amines is 1. The minimum Gasteiger partial charge on any atom is -0.347 e. The standard InChI is InChI=1S/C11H9ClN4O2S/c12-10-3-8(4-13)1-2-11(10)19(17,18)16-6-9-5-14-7-15-9/h1-3,5,7,16H,6H2,(H,14,15). The molecule has 6 nitrogen and oxygen atoms in total. The Kier molecular flexibility index (Phi) is 3.85. The summed E-state index contributed by atoms with van der Waals surface area (Å²) in [7, 11) is -3.73. The van der Waals surface area contributed by atoms with E-state index >= 15 is 0 Å². The lowest BCUT2D eigenvalue weighted by Crippen LogP contribution is -2.23. The number of sulfonamides is 1. The monoisotopic (exact) mass is 296 g/mol. The SMILES string of the molecule is N#Cc1ccc(S(=O)(=O)NCc2cnc[nH]2)c(Cl)c1. The fourth-order valence-corrected chi connectivity index (χ4v) is 2.97. The maximum atomic E-state index is 12.0. The van der Waals surface area contributed by atoms with Crippen molar-refractivity contribution in [3.05, 3.63) is 47.0 Å². The zero-order chi connectivity index (χ0) is 13.9. The Morgan fingerprint density at radius 3 is 2.84 bits per heavy atom. The number of hydrogen-bond donors (Lipinski definition) is 2. The molecule has 0 spiro atoms. The van der Waals surface area contributed by atoms with Crippen LogP contribution in [0, 0.1) is 11.3 Å². The predicted octanol–water partition coefficient (Wildman–Crippen LogP) is 1.41. The smallest absolute Gasteiger partial charge is 0.242 e. The van der Waals surface area contributed by atoms with Crippen molar-refractivity contribution in [1.29, 1.82) is 5.26 Å². The lowest BCUT2D eigenvalue weighted by Gasteiger charge is -2.07. The average Bonchev–Trinajstić information content (AvgIpc) is 2.89. The summed E-state index contributed by atoms with van der Waals surface area (Å²) < 4.78 is 26.5. The molecule has 1 aromatic carbocycles. The number of nitrogens with zero attached hydrogens (tertiary/aromatic N) is 2. The summed E-state index contributed by atoms with van der Waals surface area (Å²) in [6.07, 6.45) is 2.97. The number of aromatic nitrogens is 2.